The molecule has 3 aromatic heterocycles. The number of hydrogen-bond donors (Lipinski definition) is 0. The van der Waals surface area contributed by atoms with Crippen LogP contribution in [-0.4, -0.2) is 43.6 Å². The van der Waals surface area contributed by atoms with Gasteiger partial charge >= 0.3 is 0 Å². The fourth-order valence-electron chi connectivity index (χ4n) is 3.99. The number of benzene rings is 1. The highest BCUT2D eigenvalue weighted by Crippen LogP contribution is 2.32. The Morgan fingerprint density at radius 3 is 2.79 bits per heavy atom. The zero-order valence-electron chi connectivity index (χ0n) is 18.6. The van der Waals surface area contributed by atoms with Crippen molar-refractivity contribution in [2.45, 2.75) is 31.7 Å². The van der Waals surface area contributed by atoms with Crippen LogP contribution in [-0.2, 0) is 13.6 Å². The van der Waals surface area contributed by atoms with Crippen LogP contribution in [0.5, 0.6) is 11.5 Å². The number of aromatic nitrogens is 4. The number of ketones is 1. The molecule has 33 heavy (non-hydrogen) atoms. The Morgan fingerprint density at radius 2 is 2.00 bits per heavy atom. The molecule has 0 spiro atoms. The Bertz CT molecular complexity index is 1290. The monoisotopic (exact) mass is 480 g/mol. The maximum absolute atomic E-state index is 13.1. The molecule has 1 aromatic carbocycles. The fourth-order valence-corrected chi connectivity index (χ4v) is 5.53. The van der Waals surface area contributed by atoms with Crippen LogP contribution in [0, 0.1) is 13.8 Å². The van der Waals surface area contributed by atoms with Crippen molar-refractivity contribution >= 4 is 28.9 Å². The molecule has 0 saturated carbocycles. The lowest BCUT2D eigenvalue weighted by atomic mass is 10.2. The smallest absolute Gasteiger partial charge is 0.191 e. The minimum absolute atomic E-state index is 0.0752. The van der Waals surface area contributed by atoms with Crippen molar-refractivity contribution in [3.05, 3.63) is 64.8 Å². The highest BCUT2D eigenvalue weighted by molar-refractivity contribution is 7.99. The number of ether oxygens (including phenoxy) is 2. The average Bonchev–Trinajstić information content (AvgIpc) is 3.54. The normalized spacial score (nSPS) is 15.1. The lowest BCUT2D eigenvalue weighted by molar-refractivity contribution is 0.0777. The van der Waals surface area contributed by atoms with Crippen LogP contribution in [0.3, 0.4) is 0 Å². The van der Waals surface area contributed by atoms with Crippen molar-refractivity contribution < 1.29 is 14.3 Å². The standard InChI is InChI=1S/C24H24N4O3S2/c1-15-11-18(16(2)28(15)12-17-13-30-20-7-4-5-8-21(20)31-17)19(29)14-33-24-26-25-23(27(24)3)22-9-6-10-32-22/h4-11,17H,12-14H2,1-3H3. The van der Waals surface area contributed by atoms with Crippen LogP contribution < -0.4 is 9.47 Å². The number of rotatable bonds is 7. The first kappa shape index (κ1) is 21.8. The van der Waals surface area contributed by atoms with Crippen molar-refractivity contribution in [2.24, 2.45) is 7.05 Å². The van der Waals surface area contributed by atoms with Gasteiger partial charge in [0, 0.05) is 24.0 Å². The number of hydrogen-bond acceptors (Lipinski definition) is 7. The Kier molecular flexibility index (Phi) is 5.99. The van der Waals surface area contributed by atoms with E-state index in [4.69, 9.17) is 9.47 Å². The number of thiophene rings is 1. The lowest BCUT2D eigenvalue weighted by Crippen LogP contribution is -2.33. The van der Waals surface area contributed by atoms with E-state index in [0.717, 1.165) is 44.3 Å². The number of nitrogens with zero attached hydrogens (tertiary/aromatic N) is 4. The van der Waals surface area contributed by atoms with E-state index in [0.29, 0.717) is 18.9 Å². The second-order valence-corrected chi connectivity index (χ2v) is 9.84. The predicted molar refractivity (Wildman–Crippen MR) is 130 cm³/mol. The van der Waals surface area contributed by atoms with Crippen molar-refractivity contribution in [3.8, 4) is 22.2 Å². The quantitative estimate of drug-likeness (QED) is 0.280. The van der Waals surface area contributed by atoms with Gasteiger partial charge in [0.2, 0.25) is 0 Å². The largest absolute Gasteiger partial charge is 0.486 e. The molecule has 7 nitrogen and oxygen atoms in total. The Morgan fingerprint density at radius 1 is 1.18 bits per heavy atom. The summed E-state index contributed by atoms with van der Waals surface area (Å²) in [6, 6.07) is 13.7. The molecule has 0 bridgehead atoms. The van der Waals surface area contributed by atoms with Crippen LogP contribution in [0.1, 0.15) is 21.7 Å². The molecule has 0 fully saturated rings. The minimum Gasteiger partial charge on any atom is -0.486 e. The van der Waals surface area contributed by atoms with Gasteiger partial charge in [-0.15, -0.1) is 21.5 Å². The number of Topliss-reactive ketones (excluding diaryl/α,β-unsaturated/α-hetero) is 1. The van der Waals surface area contributed by atoms with E-state index in [1.807, 2.05) is 73.3 Å². The lowest BCUT2D eigenvalue weighted by Gasteiger charge is -2.27. The van der Waals surface area contributed by atoms with Gasteiger partial charge in [0.1, 0.15) is 6.61 Å². The summed E-state index contributed by atoms with van der Waals surface area (Å²) in [5, 5.41) is 11.3. The number of fused-ring (bicyclic) bond motifs is 1. The number of para-hydroxylation sites is 2. The van der Waals surface area contributed by atoms with E-state index in [9.17, 15) is 4.79 Å². The molecular weight excluding hydrogens is 456 g/mol. The van der Waals surface area contributed by atoms with Gasteiger partial charge in [0.25, 0.3) is 0 Å². The Balaban J connectivity index is 1.26. The molecule has 0 amide bonds. The van der Waals surface area contributed by atoms with E-state index < -0.39 is 0 Å². The first-order valence-corrected chi connectivity index (χ1v) is 12.5. The third kappa shape index (κ3) is 4.30. The fraction of sp³-hybridized carbons (Fsp3) is 0.292. The Labute approximate surface area is 200 Å². The highest BCUT2D eigenvalue weighted by atomic mass is 32.2. The van der Waals surface area contributed by atoms with Gasteiger partial charge in [0.05, 0.1) is 17.2 Å². The zero-order chi connectivity index (χ0) is 22.9. The van der Waals surface area contributed by atoms with E-state index in [-0.39, 0.29) is 11.9 Å². The first-order chi connectivity index (χ1) is 16.0. The number of aryl methyl sites for hydroxylation is 1. The summed E-state index contributed by atoms with van der Waals surface area (Å²) in [6.45, 7) is 5.11. The topological polar surface area (TPSA) is 71.2 Å². The summed E-state index contributed by atoms with van der Waals surface area (Å²) >= 11 is 3.03. The van der Waals surface area contributed by atoms with Crippen LogP contribution in [0.25, 0.3) is 10.7 Å². The molecule has 0 radical (unpaired) electrons. The van der Waals surface area contributed by atoms with Crippen molar-refractivity contribution in [1.82, 2.24) is 19.3 Å². The van der Waals surface area contributed by atoms with E-state index in [1.54, 1.807) is 11.3 Å². The summed E-state index contributed by atoms with van der Waals surface area (Å²) in [7, 11) is 1.93. The van der Waals surface area contributed by atoms with Gasteiger partial charge in [-0.25, -0.2) is 0 Å². The van der Waals surface area contributed by atoms with E-state index >= 15 is 0 Å². The van der Waals surface area contributed by atoms with Crippen LogP contribution in [0.4, 0.5) is 0 Å². The van der Waals surface area contributed by atoms with E-state index in [2.05, 4.69) is 14.8 Å². The van der Waals surface area contributed by atoms with Crippen molar-refractivity contribution in [2.75, 3.05) is 12.4 Å². The number of carbonyl (C=O) groups is 1. The molecule has 1 aliphatic rings. The number of carbonyl (C=O) groups excluding carboxylic acids is 1. The molecule has 4 heterocycles. The molecule has 0 N–H and O–H groups in total. The second-order valence-electron chi connectivity index (χ2n) is 7.95. The third-order valence-corrected chi connectivity index (χ3v) is 7.62. The Hall–Kier alpha value is -3.04. The summed E-state index contributed by atoms with van der Waals surface area (Å²) in [6.07, 6.45) is -0.114. The molecule has 1 unspecified atom stereocenters. The second kappa shape index (κ2) is 9.07. The van der Waals surface area contributed by atoms with Gasteiger partial charge in [-0.1, -0.05) is 30.0 Å². The number of thioether (sulfide) groups is 1. The first-order valence-electron chi connectivity index (χ1n) is 10.7. The van der Waals surface area contributed by atoms with Gasteiger partial charge < -0.3 is 18.6 Å². The van der Waals surface area contributed by atoms with Crippen LogP contribution in [0.2, 0.25) is 0 Å². The molecule has 5 rings (SSSR count). The SMILES string of the molecule is Cc1cc(C(=O)CSc2nnc(-c3cccs3)n2C)c(C)n1CC1COc2ccccc2O1. The predicted octanol–water partition coefficient (Wildman–Crippen LogP) is 4.78. The summed E-state index contributed by atoms with van der Waals surface area (Å²) in [5.41, 5.74) is 2.71. The van der Waals surface area contributed by atoms with Crippen LogP contribution in [0.15, 0.2) is 53.0 Å². The molecule has 0 aliphatic carbocycles. The van der Waals surface area contributed by atoms with Gasteiger partial charge in [-0.2, -0.15) is 0 Å². The molecule has 9 heteroatoms. The van der Waals surface area contributed by atoms with E-state index in [1.165, 1.54) is 11.8 Å². The minimum atomic E-state index is -0.114. The third-order valence-electron chi connectivity index (χ3n) is 5.74. The molecule has 0 saturated heterocycles. The zero-order valence-corrected chi connectivity index (χ0v) is 20.3. The van der Waals surface area contributed by atoms with Gasteiger partial charge in [0.15, 0.2) is 34.4 Å². The van der Waals surface area contributed by atoms with Gasteiger partial charge in [-0.05, 0) is 43.5 Å². The molecule has 1 aliphatic heterocycles. The maximum Gasteiger partial charge on any atom is 0.191 e. The average molecular weight is 481 g/mol. The molecule has 170 valence electrons. The molecule has 1 atom stereocenters. The summed E-state index contributed by atoms with van der Waals surface area (Å²) in [4.78, 5) is 14.1. The molecule has 4 aromatic rings. The highest BCUT2D eigenvalue weighted by Gasteiger charge is 2.24. The van der Waals surface area contributed by atoms with Crippen molar-refractivity contribution in [3.63, 3.8) is 0 Å². The summed E-state index contributed by atoms with van der Waals surface area (Å²) < 4.78 is 16.0. The maximum atomic E-state index is 13.1. The summed E-state index contributed by atoms with van der Waals surface area (Å²) in [5.74, 6) is 2.72. The van der Waals surface area contributed by atoms with Crippen LogP contribution >= 0.6 is 23.1 Å². The van der Waals surface area contributed by atoms with Gasteiger partial charge in [-0.3, -0.25) is 4.79 Å². The molecular formula is C24H24N4O3S2. The van der Waals surface area contributed by atoms with Crippen molar-refractivity contribution in [1.29, 1.82) is 0 Å².